The number of carbonyl (C=O) groups is 2. The number of nitrogens with zero attached hydrogens (tertiary/aromatic N) is 1. The molecule has 1 atom stereocenters. The first kappa shape index (κ1) is 23.0. The average molecular weight is 415 g/mol. The zero-order chi connectivity index (χ0) is 19.3. The highest BCUT2D eigenvalue weighted by Gasteiger charge is 2.18. The second kappa shape index (κ2) is 10.3. The van der Waals surface area contributed by atoms with Crippen LogP contribution in [0, 0.1) is 18.7 Å². The van der Waals surface area contributed by atoms with Gasteiger partial charge in [0.25, 0.3) is 0 Å². The van der Waals surface area contributed by atoms with Gasteiger partial charge in [0.15, 0.2) is 5.13 Å². The lowest BCUT2D eigenvalue weighted by Gasteiger charge is -2.14. The fourth-order valence-electron chi connectivity index (χ4n) is 2.23. The Balaban J connectivity index is 0.00000364. The van der Waals surface area contributed by atoms with Gasteiger partial charge < -0.3 is 16.4 Å². The van der Waals surface area contributed by atoms with Crippen molar-refractivity contribution in [2.45, 2.75) is 33.2 Å². The number of anilines is 1. The molecule has 27 heavy (non-hydrogen) atoms. The van der Waals surface area contributed by atoms with E-state index in [1.54, 1.807) is 6.07 Å². The summed E-state index contributed by atoms with van der Waals surface area (Å²) in [5.74, 6) is -1.03. The molecular formula is C18H24ClFN4O2S. The zero-order valence-electron chi connectivity index (χ0n) is 15.4. The lowest BCUT2D eigenvalue weighted by atomic mass is 10.1. The highest BCUT2D eigenvalue weighted by molar-refractivity contribution is 7.15. The Hall–Kier alpha value is -2.03. The molecule has 0 saturated heterocycles. The topological polar surface area (TPSA) is 97.1 Å². The van der Waals surface area contributed by atoms with Gasteiger partial charge in [0.05, 0.1) is 18.3 Å². The molecule has 0 aliphatic heterocycles. The van der Waals surface area contributed by atoms with E-state index in [-0.39, 0.29) is 42.5 Å². The highest BCUT2D eigenvalue weighted by atomic mass is 35.5. The maximum absolute atomic E-state index is 13.3. The lowest BCUT2D eigenvalue weighted by molar-refractivity contribution is -0.125. The number of amides is 2. The SMILES string of the molecule is Cc1nc(NC(=O)CNC(=O)[C@@H](N)C(C)C)sc1Cc1cccc(F)c1.Cl. The van der Waals surface area contributed by atoms with E-state index >= 15 is 0 Å². The Morgan fingerprint density at radius 3 is 2.67 bits per heavy atom. The molecule has 2 amide bonds. The number of hydrogen-bond acceptors (Lipinski definition) is 5. The van der Waals surface area contributed by atoms with Crippen molar-refractivity contribution >= 4 is 40.7 Å². The van der Waals surface area contributed by atoms with E-state index in [9.17, 15) is 14.0 Å². The molecule has 0 spiro atoms. The molecule has 0 unspecified atom stereocenters. The minimum atomic E-state index is -0.650. The Labute approximate surface area is 168 Å². The molecule has 1 aromatic carbocycles. The molecular weight excluding hydrogens is 391 g/mol. The van der Waals surface area contributed by atoms with Crippen molar-refractivity contribution in [1.29, 1.82) is 0 Å². The van der Waals surface area contributed by atoms with Gasteiger partial charge in [0.1, 0.15) is 5.82 Å². The number of halogens is 2. The van der Waals surface area contributed by atoms with E-state index in [1.165, 1.54) is 23.5 Å². The molecule has 1 heterocycles. The molecule has 0 bridgehead atoms. The number of nitrogens with two attached hydrogens (primary N) is 1. The van der Waals surface area contributed by atoms with E-state index in [4.69, 9.17) is 5.73 Å². The minimum absolute atomic E-state index is 0. The van der Waals surface area contributed by atoms with Crippen LogP contribution in [0.2, 0.25) is 0 Å². The van der Waals surface area contributed by atoms with Crippen LogP contribution in [-0.2, 0) is 16.0 Å². The van der Waals surface area contributed by atoms with Gasteiger partial charge in [-0.1, -0.05) is 26.0 Å². The standard InChI is InChI=1S/C18H23FN4O2S.ClH/c1-10(2)16(20)17(25)21-9-15(24)23-18-22-11(3)14(26-18)8-12-5-4-6-13(19)7-12;/h4-7,10,16H,8-9,20H2,1-3H3,(H,21,25)(H,22,23,24);1H/t16-;/m0./s1. The first-order chi connectivity index (χ1) is 12.3. The maximum atomic E-state index is 13.3. The molecule has 0 radical (unpaired) electrons. The van der Waals surface area contributed by atoms with E-state index in [1.807, 2.05) is 26.8 Å². The molecule has 1 aromatic heterocycles. The monoisotopic (exact) mass is 414 g/mol. The highest BCUT2D eigenvalue weighted by Crippen LogP contribution is 2.25. The predicted octanol–water partition coefficient (Wildman–Crippen LogP) is 2.64. The summed E-state index contributed by atoms with van der Waals surface area (Å²) in [5.41, 5.74) is 7.34. The van der Waals surface area contributed by atoms with Crippen molar-refractivity contribution in [1.82, 2.24) is 10.3 Å². The lowest BCUT2D eigenvalue weighted by Crippen LogP contribution is -2.46. The average Bonchev–Trinajstić information content (AvgIpc) is 2.91. The number of aromatic nitrogens is 1. The molecule has 0 aliphatic rings. The summed E-state index contributed by atoms with van der Waals surface area (Å²) in [6.07, 6.45) is 0.539. The van der Waals surface area contributed by atoms with Gasteiger partial charge in [-0.25, -0.2) is 9.37 Å². The Morgan fingerprint density at radius 1 is 1.33 bits per heavy atom. The quantitative estimate of drug-likeness (QED) is 0.648. The second-order valence-electron chi connectivity index (χ2n) is 6.37. The third-order valence-electron chi connectivity index (χ3n) is 3.84. The number of carbonyl (C=O) groups excluding carboxylic acids is 2. The fourth-order valence-corrected chi connectivity index (χ4v) is 3.24. The van der Waals surface area contributed by atoms with Crippen molar-refractivity contribution < 1.29 is 14.0 Å². The van der Waals surface area contributed by atoms with Gasteiger partial charge in [0, 0.05) is 11.3 Å². The second-order valence-corrected chi connectivity index (χ2v) is 7.45. The Morgan fingerprint density at radius 2 is 2.04 bits per heavy atom. The van der Waals surface area contributed by atoms with Crippen molar-refractivity contribution in [3.05, 3.63) is 46.2 Å². The summed E-state index contributed by atoms with van der Waals surface area (Å²) in [6, 6.07) is 5.73. The van der Waals surface area contributed by atoms with Crippen molar-refractivity contribution in [3.8, 4) is 0 Å². The van der Waals surface area contributed by atoms with Crippen LogP contribution in [0.4, 0.5) is 9.52 Å². The maximum Gasteiger partial charge on any atom is 0.245 e. The number of nitrogens with one attached hydrogen (secondary N) is 2. The minimum Gasteiger partial charge on any atom is -0.346 e. The van der Waals surface area contributed by atoms with Crippen LogP contribution in [-0.4, -0.2) is 29.4 Å². The number of rotatable bonds is 7. The van der Waals surface area contributed by atoms with E-state index < -0.39 is 6.04 Å². The molecule has 2 rings (SSSR count). The summed E-state index contributed by atoms with van der Waals surface area (Å²) in [7, 11) is 0. The van der Waals surface area contributed by atoms with E-state index in [2.05, 4.69) is 15.6 Å². The third kappa shape index (κ3) is 6.89. The van der Waals surface area contributed by atoms with E-state index in [0.29, 0.717) is 11.6 Å². The van der Waals surface area contributed by atoms with Crippen LogP contribution >= 0.6 is 23.7 Å². The summed E-state index contributed by atoms with van der Waals surface area (Å²) in [6.45, 7) is 5.34. The predicted molar refractivity (Wildman–Crippen MR) is 108 cm³/mol. The molecule has 4 N–H and O–H groups in total. The van der Waals surface area contributed by atoms with Crippen molar-refractivity contribution in [2.24, 2.45) is 11.7 Å². The Bertz CT molecular complexity index is 797. The van der Waals surface area contributed by atoms with Crippen molar-refractivity contribution in [2.75, 3.05) is 11.9 Å². The Kier molecular flexibility index (Phi) is 8.81. The number of thiazole rings is 1. The van der Waals surface area contributed by atoms with Gasteiger partial charge >= 0.3 is 0 Å². The molecule has 9 heteroatoms. The molecule has 2 aromatic rings. The van der Waals surface area contributed by atoms with Crippen molar-refractivity contribution in [3.63, 3.8) is 0 Å². The normalized spacial score (nSPS) is 11.6. The van der Waals surface area contributed by atoms with Gasteiger partial charge in [-0.15, -0.1) is 23.7 Å². The van der Waals surface area contributed by atoms with Crippen LogP contribution in [0.15, 0.2) is 24.3 Å². The van der Waals surface area contributed by atoms with Gasteiger partial charge in [-0.05, 0) is 30.5 Å². The first-order valence-electron chi connectivity index (χ1n) is 8.30. The van der Waals surface area contributed by atoms with Gasteiger partial charge in [0.2, 0.25) is 11.8 Å². The number of hydrogen-bond donors (Lipinski definition) is 3. The van der Waals surface area contributed by atoms with Crippen LogP contribution in [0.3, 0.4) is 0 Å². The first-order valence-corrected chi connectivity index (χ1v) is 9.11. The third-order valence-corrected chi connectivity index (χ3v) is 4.91. The fraction of sp³-hybridized carbons (Fsp3) is 0.389. The van der Waals surface area contributed by atoms with Gasteiger partial charge in [-0.3, -0.25) is 9.59 Å². The summed E-state index contributed by atoms with van der Waals surface area (Å²) in [5, 5.41) is 5.62. The van der Waals surface area contributed by atoms with Gasteiger partial charge in [-0.2, -0.15) is 0 Å². The number of benzene rings is 1. The van der Waals surface area contributed by atoms with Crippen LogP contribution in [0.1, 0.15) is 30.0 Å². The largest absolute Gasteiger partial charge is 0.346 e. The van der Waals surface area contributed by atoms with E-state index in [0.717, 1.165) is 16.1 Å². The molecule has 148 valence electrons. The molecule has 0 saturated carbocycles. The summed E-state index contributed by atoms with van der Waals surface area (Å²) in [4.78, 5) is 29.0. The smallest absolute Gasteiger partial charge is 0.245 e. The van der Waals surface area contributed by atoms with Crippen LogP contribution in [0.25, 0.3) is 0 Å². The van der Waals surface area contributed by atoms with Crippen LogP contribution in [0.5, 0.6) is 0 Å². The molecule has 0 fully saturated rings. The number of aryl methyl sites for hydroxylation is 1. The van der Waals surface area contributed by atoms with Crippen LogP contribution < -0.4 is 16.4 Å². The summed E-state index contributed by atoms with van der Waals surface area (Å²) >= 11 is 1.33. The zero-order valence-corrected chi connectivity index (χ0v) is 17.0. The molecule has 6 nitrogen and oxygen atoms in total. The molecule has 0 aliphatic carbocycles. The summed E-state index contributed by atoms with van der Waals surface area (Å²) < 4.78 is 13.3.